The molecule has 1 heterocycles. The maximum atomic E-state index is 11.1. The normalized spacial score (nSPS) is 23.2. The summed E-state index contributed by atoms with van der Waals surface area (Å²) in [5.74, 6) is 0.713. The molecule has 1 fully saturated rings. The summed E-state index contributed by atoms with van der Waals surface area (Å²) in [5.41, 5.74) is 0. The highest BCUT2D eigenvalue weighted by atomic mass is 32.1. The number of rotatable bonds is 5. The number of thiophene rings is 1. The van der Waals surface area contributed by atoms with E-state index in [-0.39, 0.29) is 5.97 Å². The molecular weight excluding hydrogens is 234 g/mol. The zero-order valence-electron chi connectivity index (χ0n) is 10.4. The van der Waals surface area contributed by atoms with E-state index >= 15 is 0 Å². The third-order valence-electron chi connectivity index (χ3n) is 3.20. The van der Waals surface area contributed by atoms with E-state index in [1.165, 1.54) is 24.8 Å². The molecule has 4 heteroatoms. The summed E-state index contributed by atoms with van der Waals surface area (Å²) in [6.45, 7) is 3.21. The van der Waals surface area contributed by atoms with Crippen LogP contribution in [0.5, 0.6) is 0 Å². The van der Waals surface area contributed by atoms with E-state index < -0.39 is 0 Å². The largest absolute Gasteiger partial charge is 0.469 e. The van der Waals surface area contributed by atoms with E-state index in [2.05, 4.69) is 23.0 Å². The first-order valence-electron chi connectivity index (χ1n) is 6.05. The number of hydrogen-bond acceptors (Lipinski definition) is 4. The van der Waals surface area contributed by atoms with Crippen molar-refractivity contribution < 1.29 is 9.53 Å². The van der Waals surface area contributed by atoms with Gasteiger partial charge in [0.2, 0.25) is 0 Å². The first kappa shape index (κ1) is 12.6. The van der Waals surface area contributed by atoms with Crippen molar-refractivity contribution >= 4 is 17.3 Å². The molecule has 3 nitrogen and oxygen atoms in total. The fourth-order valence-corrected chi connectivity index (χ4v) is 3.10. The van der Waals surface area contributed by atoms with Crippen LogP contribution in [0.3, 0.4) is 0 Å². The zero-order valence-corrected chi connectivity index (χ0v) is 11.2. The lowest BCUT2D eigenvalue weighted by molar-refractivity contribution is -0.139. The molecule has 0 saturated heterocycles. The Morgan fingerprint density at radius 2 is 2.18 bits per heavy atom. The third kappa shape index (κ3) is 3.54. The first-order valence-corrected chi connectivity index (χ1v) is 6.87. The van der Waals surface area contributed by atoms with Gasteiger partial charge in [-0.3, -0.25) is 4.79 Å². The number of methoxy groups -OCH3 is 1. The van der Waals surface area contributed by atoms with E-state index in [9.17, 15) is 4.79 Å². The van der Waals surface area contributed by atoms with Gasteiger partial charge < -0.3 is 10.1 Å². The lowest BCUT2D eigenvalue weighted by Crippen LogP contribution is -2.39. The van der Waals surface area contributed by atoms with Crippen LogP contribution in [-0.2, 0) is 22.5 Å². The molecule has 0 bridgehead atoms. The highest BCUT2D eigenvalue weighted by Gasteiger charge is 2.24. The number of ether oxygens (including phenoxy) is 1. The summed E-state index contributed by atoms with van der Waals surface area (Å²) in [7, 11) is 1.43. The van der Waals surface area contributed by atoms with Crippen LogP contribution in [0.15, 0.2) is 12.1 Å². The third-order valence-corrected chi connectivity index (χ3v) is 4.29. The van der Waals surface area contributed by atoms with Gasteiger partial charge >= 0.3 is 5.97 Å². The van der Waals surface area contributed by atoms with E-state index in [0.29, 0.717) is 12.5 Å². The minimum atomic E-state index is -0.167. The monoisotopic (exact) mass is 253 g/mol. The van der Waals surface area contributed by atoms with Crippen LogP contribution < -0.4 is 5.32 Å². The Hall–Kier alpha value is -0.870. The summed E-state index contributed by atoms with van der Waals surface area (Å²) in [5, 5.41) is 3.54. The number of carbonyl (C=O) groups is 1. The molecule has 0 unspecified atom stereocenters. The van der Waals surface area contributed by atoms with Crippen molar-refractivity contribution in [2.24, 2.45) is 5.92 Å². The topological polar surface area (TPSA) is 38.3 Å². The highest BCUT2D eigenvalue weighted by molar-refractivity contribution is 7.12. The average Bonchev–Trinajstić information content (AvgIpc) is 2.70. The number of esters is 1. The minimum Gasteiger partial charge on any atom is -0.469 e. The van der Waals surface area contributed by atoms with Crippen LogP contribution in [0.2, 0.25) is 0 Å². The van der Waals surface area contributed by atoms with Crippen molar-refractivity contribution in [3.8, 4) is 0 Å². The lowest BCUT2D eigenvalue weighted by Gasteiger charge is -2.33. The number of carbonyl (C=O) groups excluding carboxylic acids is 1. The van der Waals surface area contributed by atoms with Gasteiger partial charge in [-0.2, -0.15) is 0 Å². The maximum absolute atomic E-state index is 11.1. The second-order valence-corrected chi connectivity index (χ2v) is 6.03. The molecule has 0 radical (unpaired) electrons. The van der Waals surface area contributed by atoms with Crippen molar-refractivity contribution in [1.82, 2.24) is 5.32 Å². The van der Waals surface area contributed by atoms with Crippen LogP contribution in [0.4, 0.5) is 0 Å². The van der Waals surface area contributed by atoms with Gasteiger partial charge in [0.25, 0.3) is 0 Å². The molecule has 1 aromatic rings. The SMILES string of the molecule is COC(=O)Cc1ccc(CNC2CC(C)C2)s1. The highest BCUT2D eigenvalue weighted by Crippen LogP contribution is 2.27. The minimum absolute atomic E-state index is 0.167. The van der Waals surface area contributed by atoms with Gasteiger partial charge in [0, 0.05) is 22.3 Å². The number of hydrogen-bond donors (Lipinski definition) is 1. The van der Waals surface area contributed by atoms with E-state index in [1.54, 1.807) is 11.3 Å². The molecule has 94 valence electrons. The van der Waals surface area contributed by atoms with E-state index in [0.717, 1.165) is 17.3 Å². The Labute approximate surface area is 106 Å². The van der Waals surface area contributed by atoms with Crippen LogP contribution >= 0.6 is 11.3 Å². The van der Waals surface area contributed by atoms with Crippen molar-refractivity contribution in [2.45, 2.75) is 38.8 Å². The first-order chi connectivity index (χ1) is 8.17. The predicted molar refractivity (Wildman–Crippen MR) is 69.1 cm³/mol. The van der Waals surface area contributed by atoms with Crippen LogP contribution in [0.25, 0.3) is 0 Å². The van der Waals surface area contributed by atoms with Gasteiger partial charge in [-0.05, 0) is 30.9 Å². The molecule has 0 atom stereocenters. The fraction of sp³-hybridized carbons (Fsp3) is 0.615. The standard InChI is InChI=1S/C13H19NO2S/c1-9-5-10(6-9)14-8-12-4-3-11(17-12)7-13(15)16-2/h3-4,9-10,14H,5-8H2,1-2H3. The van der Waals surface area contributed by atoms with E-state index in [1.807, 2.05) is 6.07 Å². The molecule has 1 saturated carbocycles. The molecule has 1 aliphatic carbocycles. The van der Waals surface area contributed by atoms with Crippen molar-refractivity contribution in [3.05, 3.63) is 21.9 Å². The summed E-state index contributed by atoms with van der Waals surface area (Å²) in [6.07, 6.45) is 2.97. The smallest absolute Gasteiger partial charge is 0.310 e. The Morgan fingerprint density at radius 1 is 1.47 bits per heavy atom. The Morgan fingerprint density at radius 3 is 2.82 bits per heavy atom. The second-order valence-electron chi connectivity index (χ2n) is 4.78. The van der Waals surface area contributed by atoms with Gasteiger partial charge in [-0.25, -0.2) is 0 Å². The molecule has 1 N–H and O–H groups in total. The molecule has 0 spiro atoms. The summed E-state index contributed by atoms with van der Waals surface area (Å²) in [6, 6.07) is 4.80. The van der Waals surface area contributed by atoms with Crippen LogP contribution in [0.1, 0.15) is 29.5 Å². The number of nitrogens with one attached hydrogen (secondary N) is 1. The van der Waals surface area contributed by atoms with Gasteiger partial charge in [0.1, 0.15) is 0 Å². The summed E-state index contributed by atoms with van der Waals surface area (Å²) < 4.78 is 4.65. The zero-order chi connectivity index (χ0) is 12.3. The molecular formula is C13H19NO2S. The average molecular weight is 253 g/mol. The Balaban J connectivity index is 1.76. The molecule has 2 rings (SSSR count). The quantitative estimate of drug-likeness (QED) is 0.819. The fourth-order valence-electron chi connectivity index (χ4n) is 2.14. The molecule has 1 aliphatic rings. The van der Waals surface area contributed by atoms with Crippen molar-refractivity contribution in [3.63, 3.8) is 0 Å². The second kappa shape index (κ2) is 5.65. The molecule has 0 aliphatic heterocycles. The van der Waals surface area contributed by atoms with Gasteiger partial charge in [0.05, 0.1) is 13.5 Å². The van der Waals surface area contributed by atoms with Crippen LogP contribution in [0, 0.1) is 5.92 Å². The van der Waals surface area contributed by atoms with Gasteiger partial charge in [0.15, 0.2) is 0 Å². The molecule has 0 aromatic carbocycles. The van der Waals surface area contributed by atoms with Crippen molar-refractivity contribution in [2.75, 3.05) is 7.11 Å². The molecule has 0 amide bonds. The maximum Gasteiger partial charge on any atom is 0.310 e. The Bertz CT molecular complexity index is 383. The van der Waals surface area contributed by atoms with Gasteiger partial charge in [-0.1, -0.05) is 6.92 Å². The summed E-state index contributed by atoms with van der Waals surface area (Å²) in [4.78, 5) is 13.5. The van der Waals surface area contributed by atoms with E-state index in [4.69, 9.17) is 0 Å². The van der Waals surface area contributed by atoms with Crippen molar-refractivity contribution in [1.29, 1.82) is 0 Å². The summed E-state index contributed by atoms with van der Waals surface area (Å²) >= 11 is 1.69. The molecule has 1 aromatic heterocycles. The van der Waals surface area contributed by atoms with Gasteiger partial charge in [-0.15, -0.1) is 11.3 Å². The Kier molecular flexibility index (Phi) is 4.18. The van der Waals surface area contributed by atoms with Crippen LogP contribution in [-0.4, -0.2) is 19.1 Å². The predicted octanol–water partition coefficient (Wildman–Crippen LogP) is 2.35. The lowest BCUT2D eigenvalue weighted by atomic mass is 9.82. The molecule has 17 heavy (non-hydrogen) atoms.